The van der Waals surface area contributed by atoms with E-state index in [0.717, 1.165) is 23.8 Å². The van der Waals surface area contributed by atoms with Crippen LogP contribution in [0.1, 0.15) is 51.2 Å². The van der Waals surface area contributed by atoms with Crippen molar-refractivity contribution < 1.29 is 18.0 Å². The van der Waals surface area contributed by atoms with E-state index in [0.29, 0.717) is 17.1 Å². The van der Waals surface area contributed by atoms with E-state index >= 15 is 0 Å². The van der Waals surface area contributed by atoms with Crippen LogP contribution in [0.15, 0.2) is 48.5 Å². The Bertz CT molecular complexity index is 1090. The van der Waals surface area contributed by atoms with Crippen LogP contribution in [0.3, 0.4) is 0 Å². The zero-order valence-corrected chi connectivity index (χ0v) is 22.7. The summed E-state index contributed by atoms with van der Waals surface area (Å²) in [6.45, 7) is 7.95. The number of rotatable bonds is 12. The predicted molar refractivity (Wildman–Crippen MR) is 142 cm³/mol. The number of anilines is 1. The van der Waals surface area contributed by atoms with Gasteiger partial charge in [-0.15, -0.1) is 0 Å². The molecule has 0 heterocycles. The zero-order chi connectivity index (χ0) is 26.2. The molecule has 9 heteroatoms. The lowest BCUT2D eigenvalue weighted by Gasteiger charge is -2.30. The van der Waals surface area contributed by atoms with Crippen molar-refractivity contribution in [3.05, 3.63) is 64.7 Å². The Labute approximate surface area is 214 Å². The lowest BCUT2D eigenvalue weighted by molar-refractivity contribution is -0.140. The fraction of sp³-hybridized carbons (Fsp3) is 0.462. The number of halogens is 1. The summed E-state index contributed by atoms with van der Waals surface area (Å²) in [5.74, 6) is -0.441. The van der Waals surface area contributed by atoms with Crippen molar-refractivity contribution in [1.29, 1.82) is 0 Å². The fourth-order valence-electron chi connectivity index (χ4n) is 3.55. The highest BCUT2D eigenvalue weighted by Crippen LogP contribution is 2.20. The van der Waals surface area contributed by atoms with Crippen LogP contribution >= 0.6 is 11.6 Å². The summed E-state index contributed by atoms with van der Waals surface area (Å²) < 4.78 is 26.1. The number of nitrogens with zero attached hydrogens (tertiary/aromatic N) is 2. The monoisotopic (exact) mass is 521 g/mol. The number of nitrogens with one attached hydrogen (secondary N) is 1. The maximum atomic E-state index is 13.3. The number of carbonyl (C=O) groups excluding carboxylic acids is 2. The summed E-state index contributed by atoms with van der Waals surface area (Å²) in [5, 5.41) is 3.53. The molecule has 192 valence electrons. The van der Waals surface area contributed by atoms with Crippen LogP contribution in [-0.2, 0) is 26.2 Å². The van der Waals surface area contributed by atoms with Crippen molar-refractivity contribution in [2.45, 2.75) is 65.6 Å². The second kappa shape index (κ2) is 12.9. The van der Waals surface area contributed by atoms with Crippen LogP contribution < -0.4 is 9.62 Å². The lowest BCUT2D eigenvalue weighted by atomic mass is 10.1. The number of aryl methyl sites for hydroxylation is 1. The number of sulfonamides is 1. The van der Waals surface area contributed by atoms with Gasteiger partial charge in [0.1, 0.15) is 6.04 Å². The molecule has 0 saturated carbocycles. The highest BCUT2D eigenvalue weighted by Gasteiger charge is 2.27. The second-order valence-corrected chi connectivity index (χ2v) is 11.3. The summed E-state index contributed by atoms with van der Waals surface area (Å²) >= 11 is 5.99. The Morgan fingerprint density at radius 3 is 2.17 bits per heavy atom. The van der Waals surface area contributed by atoms with Crippen molar-refractivity contribution in [3.63, 3.8) is 0 Å². The maximum absolute atomic E-state index is 13.3. The Kier molecular flexibility index (Phi) is 10.6. The molecule has 2 aromatic carbocycles. The summed E-state index contributed by atoms with van der Waals surface area (Å²) in [4.78, 5) is 27.6. The second-order valence-electron chi connectivity index (χ2n) is 8.92. The predicted octanol–water partition coefficient (Wildman–Crippen LogP) is 4.53. The molecule has 0 unspecified atom stereocenters. The van der Waals surface area contributed by atoms with Crippen molar-refractivity contribution in [3.8, 4) is 0 Å². The third-order valence-corrected chi connectivity index (χ3v) is 7.35. The van der Waals surface area contributed by atoms with Gasteiger partial charge in [0.05, 0.1) is 11.9 Å². The van der Waals surface area contributed by atoms with Crippen LogP contribution in [-0.4, -0.2) is 50.0 Å². The Morgan fingerprint density at radius 1 is 1.03 bits per heavy atom. The van der Waals surface area contributed by atoms with E-state index < -0.39 is 16.1 Å². The number of benzene rings is 2. The minimum atomic E-state index is -3.52. The van der Waals surface area contributed by atoms with Crippen molar-refractivity contribution in [1.82, 2.24) is 10.2 Å². The smallest absolute Gasteiger partial charge is 0.242 e. The molecule has 7 nitrogen and oxygen atoms in total. The molecule has 1 N–H and O–H groups in total. The Hall–Kier alpha value is -2.58. The minimum absolute atomic E-state index is 0.00439. The van der Waals surface area contributed by atoms with Gasteiger partial charge in [0.25, 0.3) is 0 Å². The first-order valence-corrected chi connectivity index (χ1v) is 14.0. The first-order valence-electron chi connectivity index (χ1n) is 11.8. The van der Waals surface area contributed by atoms with Gasteiger partial charge in [-0.2, -0.15) is 0 Å². The SMILES string of the molecule is CC[C@H](C)NC(=O)[C@H](C)N(Cc1ccc(Cl)cc1)C(=O)CCCN(c1ccc(C)cc1)S(C)(=O)=O. The average Bonchev–Trinajstić information content (AvgIpc) is 2.80. The summed E-state index contributed by atoms with van der Waals surface area (Å²) in [6.07, 6.45) is 2.36. The number of hydrogen-bond acceptors (Lipinski definition) is 4. The van der Waals surface area contributed by atoms with Crippen LogP contribution in [0.4, 0.5) is 5.69 Å². The molecule has 2 atom stereocenters. The van der Waals surface area contributed by atoms with Crippen molar-refractivity contribution in [2.75, 3.05) is 17.1 Å². The molecule has 0 radical (unpaired) electrons. The molecular weight excluding hydrogens is 486 g/mol. The molecule has 0 aliphatic heterocycles. The number of hydrogen-bond donors (Lipinski definition) is 1. The van der Waals surface area contributed by atoms with Gasteiger partial charge in [-0.3, -0.25) is 13.9 Å². The topological polar surface area (TPSA) is 86.8 Å². The van der Waals surface area contributed by atoms with Crippen LogP contribution in [0.25, 0.3) is 0 Å². The van der Waals surface area contributed by atoms with E-state index in [1.54, 1.807) is 31.2 Å². The van der Waals surface area contributed by atoms with E-state index in [-0.39, 0.29) is 37.4 Å². The molecule has 2 aromatic rings. The van der Waals surface area contributed by atoms with Gasteiger partial charge in [0.2, 0.25) is 21.8 Å². The van der Waals surface area contributed by atoms with Gasteiger partial charge in [-0.1, -0.05) is 48.4 Å². The molecule has 35 heavy (non-hydrogen) atoms. The Morgan fingerprint density at radius 2 is 1.63 bits per heavy atom. The van der Waals surface area contributed by atoms with Gasteiger partial charge in [-0.25, -0.2) is 8.42 Å². The van der Waals surface area contributed by atoms with Gasteiger partial charge in [0.15, 0.2) is 0 Å². The molecule has 0 bridgehead atoms. The minimum Gasteiger partial charge on any atom is -0.352 e. The van der Waals surface area contributed by atoms with Gasteiger partial charge in [-0.05, 0) is 63.4 Å². The summed E-state index contributed by atoms with van der Waals surface area (Å²) in [5.41, 5.74) is 2.44. The first-order chi connectivity index (χ1) is 16.4. The van der Waals surface area contributed by atoms with E-state index in [2.05, 4.69) is 5.32 Å². The number of amides is 2. The third kappa shape index (κ3) is 8.85. The molecule has 0 fully saturated rings. The molecule has 0 aromatic heterocycles. The van der Waals surface area contributed by atoms with E-state index in [9.17, 15) is 18.0 Å². The highest BCUT2D eigenvalue weighted by molar-refractivity contribution is 7.92. The van der Waals surface area contributed by atoms with Gasteiger partial charge < -0.3 is 10.2 Å². The normalized spacial score (nSPS) is 13.1. The summed E-state index contributed by atoms with van der Waals surface area (Å²) in [6, 6.07) is 13.7. The quantitative estimate of drug-likeness (QED) is 0.444. The van der Waals surface area contributed by atoms with E-state index in [1.165, 1.54) is 9.21 Å². The number of carbonyl (C=O) groups is 2. The standard InChI is InChI=1S/C26H36ClN3O4S/c1-6-20(3)28-26(32)21(4)29(18-22-11-13-23(27)14-12-22)25(31)8-7-17-30(35(5,33)34)24-15-9-19(2)10-16-24/h9-16,20-21H,6-8,17-18H2,1-5H3,(H,28,32)/t20-,21-/m0/s1. The fourth-order valence-corrected chi connectivity index (χ4v) is 4.64. The van der Waals surface area contributed by atoms with Crippen LogP contribution in [0.2, 0.25) is 5.02 Å². The van der Waals surface area contributed by atoms with E-state index in [1.807, 2.05) is 45.0 Å². The lowest BCUT2D eigenvalue weighted by Crippen LogP contribution is -2.49. The zero-order valence-electron chi connectivity index (χ0n) is 21.1. The molecule has 0 aliphatic rings. The maximum Gasteiger partial charge on any atom is 0.242 e. The highest BCUT2D eigenvalue weighted by atomic mass is 35.5. The average molecular weight is 522 g/mol. The first kappa shape index (κ1) is 28.7. The van der Waals surface area contributed by atoms with Gasteiger partial charge >= 0.3 is 0 Å². The Balaban J connectivity index is 2.15. The van der Waals surface area contributed by atoms with Gasteiger partial charge in [0, 0.05) is 30.6 Å². The summed E-state index contributed by atoms with van der Waals surface area (Å²) in [7, 11) is -3.52. The van der Waals surface area contributed by atoms with Crippen molar-refractivity contribution in [2.24, 2.45) is 0 Å². The van der Waals surface area contributed by atoms with E-state index in [4.69, 9.17) is 11.6 Å². The molecule has 2 amide bonds. The van der Waals surface area contributed by atoms with Crippen LogP contribution in [0, 0.1) is 6.92 Å². The van der Waals surface area contributed by atoms with Crippen molar-refractivity contribution >= 4 is 39.1 Å². The molecule has 2 rings (SSSR count). The molecular formula is C26H36ClN3O4S. The van der Waals surface area contributed by atoms with Crippen LogP contribution in [0.5, 0.6) is 0 Å². The molecule has 0 aliphatic carbocycles. The molecule has 0 spiro atoms. The molecule has 0 saturated heterocycles. The largest absolute Gasteiger partial charge is 0.352 e. The third-order valence-electron chi connectivity index (χ3n) is 5.91.